The fourth-order valence-electron chi connectivity index (χ4n) is 2.22. The van der Waals surface area contributed by atoms with Gasteiger partial charge in [-0.2, -0.15) is 0 Å². The van der Waals surface area contributed by atoms with Crippen molar-refractivity contribution >= 4 is 5.97 Å². The van der Waals surface area contributed by atoms with Crippen molar-refractivity contribution in [2.45, 2.75) is 45.1 Å². The van der Waals surface area contributed by atoms with E-state index >= 15 is 0 Å². The van der Waals surface area contributed by atoms with E-state index in [1.54, 1.807) is 0 Å². The van der Waals surface area contributed by atoms with Gasteiger partial charge in [0.05, 0.1) is 0 Å². The summed E-state index contributed by atoms with van der Waals surface area (Å²) in [6.07, 6.45) is 4.55. The van der Waals surface area contributed by atoms with Crippen molar-refractivity contribution in [2.24, 2.45) is 5.92 Å². The molecule has 1 aromatic heterocycles. The number of nitrogens with zero attached hydrogens (tertiary/aromatic N) is 2. The van der Waals surface area contributed by atoms with Crippen molar-refractivity contribution in [3.8, 4) is 0 Å². The van der Waals surface area contributed by atoms with Crippen LogP contribution in [-0.4, -0.2) is 27.9 Å². The molecule has 0 aromatic carbocycles. The lowest BCUT2D eigenvalue weighted by Gasteiger charge is -2.23. The molecule has 1 saturated carbocycles. The highest BCUT2D eigenvalue weighted by molar-refractivity contribution is 5.67. The maximum Gasteiger partial charge on any atom is 0.329 e. The number of carbonyl (C=O) groups is 1. The predicted octanol–water partition coefficient (Wildman–Crippen LogP) is 1.96. The van der Waals surface area contributed by atoms with Gasteiger partial charge in [-0.05, 0) is 31.6 Å². The van der Waals surface area contributed by atoms with E-state index in [1.165, 1.54) is 12.8 Å². The summed E-state index contributed by atoms with van der Waals surface area (Å²) in [6, 6.07) is 0. The fourth-order valence-corrected chi connectivity index (χ4v) is 2.22. The molecule has 18 heavy (non-hydrogen) atoms. The van der Waals surface area contributed by atoms with Crippen LogP contribution < -0.4 is 0 Å². The summed E-state index contributed by atoms with van der Waals surface area (Å²) in [5, 5.41) is 16.3. The quantitative estimate of drug-likeness (QED) is 0.864. The first-order valence-corrected chi connectivity index (χ1v) is 6.27. The molecule has 6 nitrogen and oxygen atoms in total. The Hall–Kier alpha value is -1.43. The Labute approximate surface area is 105 Å². The minimum atomic E-state index is -1.00. The molecule has 2 rings (SSSR count). The van der Waals surface area contributed by atoms with Crippen molar-refractivity contribution in [3.05, 3.63) is 11.8 Å². The Bertz CT molecular complexity index is 397. The minimum Gasteiger partial charge on any atom is -0.480 e. The fraction of sp³-hybridized carbons (Fsp3) is 0.750. The third-order valence-electron chi connectivity index (χ3n) is 3.30. The third-order valence-corrected chi connectivity index (χ3v) is 3.30. The molecule has 0 spiro atoms. The maximum atomic E-state index is 10.3. The zero-order valence-corrected chi connectivity index (χ0v) is 10.5. The average Bonchev–Trinajstić information content (AvgIpc) is 2.78. The van der Waals surface area contributed by atoms with Crippen LogP contribution in [0.1, 0.15) is 50.3 Å². The molecule has 1 aliphatic carbocycles. The predicted molar refractivity (Wildman–Crippen MR) is 62.0 cm³/mol. The van der Waals surface area contributed by atoms with Crippen molar-refractivity contribution in [1.82, 2.24) is 10.2 Å². The summed E-state index contributed by atoms with van der Waals surface area (Å²) >= 11 is 0. The molecule has 1 aromatic rings. The standard InChI is InChI=1S/C12H18N2O4/c1-8-2-4-9(5-3-8)12-14-13-10(18-12)6-17-7-11(15)16/h8-9H,2-7H2,1H3,(H,15,16). The smallest absolute Gasteiger partial charge is 0.329 e. The molecule has 0 bridgehead atoms. The average molecular weight is 254 g/mol. The first-order valence-electron chi connectivity index (χ1n) is 6.27. The Kier molecular flexibility index (Phi) is 4.30. The van der Waals surface area contributed by atoms with Gasteiger partial charge in [-0.1, -0.05) is 6.92 Å². The molecule has 0 saturated heterocycles. The van der Waals surface area contributed by atoms with E-state index in [2.05, 4.69) is 17.1 Å². The van der Waals surface area contributed by atoms with Crippen LogP contribution in [0.15, 0.2) is 4.42 Å². The second-order valence-corrected chi connectivity index (χ2v) is 4.88. The van der Waals surface area contributed by atoms with Gasteiger partial charge < -0.3 is 14.3 Å². The lowest BCUT2D eigenvalue weighted by Crippen LogP contribution is -2.11. The second-order valence-electron chi connectivity index (χ2n) is 4.88. The van der Waals surface area contributed by atoms with Gasteiger partial charge in [-0.25, -0.2) is 4.79 Å². The number of aromatic nitrogens is 2. The molecule has 1 N–H and O–H groups in total. The van der Waals surface area contributed by atoms with Gasteiger partial charge in [0.15, 0.2) is 0 Å². The molecule has 100 valence electrons. The highest BCUT2D eigenvalue weighted by atomic mass is 16.5. The summed E-state index contributed by atoms with van der Waals surface area (Å²) < 4.78 is 10.4. The Morgan fingerprint density at radius 1 is 1.39 bits per heavy atom. The molecule has 6 heteroatoms. The third kappa shape index (κ3) is 3.53. The second kappa shape index (κ2) is 5.95. The zero-order valence-electron chi connectivity index (χ0n) is 10.5. The normalized spacial score (nSPS) is 24.1. The molecule has 1 fully saturated rings. The molecule has 0 atom stereocenters. The van der Waals surface area contributed by atoms with Crippen LogP contribution in [0.5, 0.6) is 0 Å². The highest BCUT2D eigenvalue weighted by Crippen LogP contribution is 2.34. The molecule has 0 amide bonds. The summed E-state index contributed by atoms with van der Waals surface area (Å²) in [4.78, 5) is 10.3. The van der Waals surface area contributed by atoms with Crippen LogP contribution in [0, 0.1) is 5.92 Å². The van der Waals surface area contributed by atoms with E-state index in [4.69, 9.17) is 14.3 Å². The summed E-state index contributed by atoms with van der Waals surface area (Å²) in [5.41, 5.74) is 0. The lowest BCUT2D eigenvalue weighted by atomic mass is 9.83. The largest absolute Gasteiger partial charge is 0.480 e. The number of carboxylic acids is 1. The zero-order chi connectivity index (χ0) is 13.0. The van der Waals surface area contributed by atoms with Crippen molar-refractivity contribution in [1.29, 1.82) is 0 Å². The van der Waals surface area contributed by atoms with Gasteiger partial charge in [0.2, 0.25) is 11.8 Å². The molecular formula is C12H18N2O4. The van der Waals surface area contributed by atoms with Crippen molar-refractivity contribution in [3.63, 3.8) is 0 Å². The number of hydrogen-bond donors (Lipinski definition) is 1. The first kappa shape index (κ1) is 13.0. The summed E-state index contributed by atoms with van der Waals surface area (Å²) in [7, 11) is 0. The number of aliphatic carboxylic acids is 1. The van der Waals surface area contributed by atoms with Gasteiger partial charge in [0.25, 0.3) is 0 Å². The van der Waals surface area contributed by atoms with Gasteiger partial charge in [-0.15, -0.1) is 10.2 Å². The number of ether oxygens (including phenoxy) is 1. The van der Waals surface area contributed by atoms with E-state index < -0.39 is 5.97 Å². The van der Waals surface area contributed by atoms with Crippen LogP contribution >= 0.6 is 0 Å². The molecule has 0 aliphatic heterocycles. The molecule has 0 radical (unpaired) electrons. The summed E-state index contributed by atoms with van der Waals surface area (Å²) in [6.45, 7) is 1.97. The van der Waals surface area contributed by atoms with E-state index in [0.717, 1.165) is 18.8 Å². The van der Waals surface area contributed by atoms with Gasteiger partial charge in [0.1, 0.15) is 13.2 Å². The van der Waals surface area contributed by atoms with Gasteiger partial charge in [-0.3, -0.25) is 0 Å². The van der Waals surface area contributed by atoms with E-state index in [1.807, 2.05) is 0 Å². The van der Waals surface area contributed by atoms with Gasteiger partial charge in [0, 0.05) is 5.92 Å². The van der Waals surface area contributed by atoms with E-state index in [-0.39, 0.29) is 13.2 Å². The van der Waals surface area contributed by atoms with Crippen LogP contribution in [0.3, 0.4) is 0 Å². The molecule has 1 aliphatic rings. The molecule has 0 unspecified atom stereocenters. The van der Waals surface area contributed by atoms with E-state index in [0.29, 0.717) is 17.7 Å². The molecule has 1 heterocycles. The van der Waals surface area contributed by atoms with Crippen molar-refractivity contribution in [2.75, 3.05) is 6.61 Å². The van der Waals surface area contributed by atoms with Crippen molar-refractivity contribution < 1.29 is 19.1 Å². The highest BCUT2D eigenvalue weighted by Gasteiger charge is 2.24. The molecular weight excluding hydrogens is 236 g/mol. The van der Waals surface area contributed by atoms with Crippen LogP contribution in [0.4, 0.5) is 0 Å². The van der Waals surface area contributed by atoms with E-state index in [9.17, 15) is 4.79 Å². The lowest BCUT2D eigenvalue weighted by molar-refractivity contribution is -0.142. The minimum absolute atomic E-state index is 0.0580. The van der Waals surface area contributed by atoms with Gasteiger partial charge >= 0.3 is 5.97 Å². The Balaban J connectivity index is 1.84. The Morgan fingerprint density at radius 2 is 2.11 bits per heavy atom. The SMILES string of the molecule is CC1CCC(c2nnc(COCC(=O)O)o2)CC1. The van der Waals surface area contributed by atoms with Crippen LogP contribution in [0.25, 0.3) is 0 Å². The van der Waals surface area contributed by atoms with Crippen LogP contribution in [-0.2, 0) is 16.1 Å². The maximum absolute atomic E-state index is 10.3. The first-order chi connectivity index (χ1) is 8.65. The topological polar surface area (TPSA) is 85.5 Å². The number of hydrogen-bond acceptors (Lipinski definition) is 5. The number of carboxylic acid groups (broad SMARTS) is 1. The Morgan fingerprint density at radius 3 is 2.78 bits per heavy atom. The summed E-state index contributed by atoms with van der Waals surface area (Å²) in [5.74, 6) is 1.14. The number of rotatable bonds is 5. The monoisotopic (exact) mass is 254 g/mol. The van der Waals surface area contributed by atoms with Crippen LogP contribution in [0.2, 0.25) is 0 Å².